The Labute approximate surface area is 202 Å². The molecule has 2 aromatic heterocycles. The van der Waals surface area contributed by atoms with Gasteiger partial charge in [0.05, 0.1) is 16.1 Å². The Morgan fingerprint density at radius 2 is 1.89 bits per heavy atom. The smallest absolute Gasteiger partial charge is 0.410 e. The second-order valence-corrected chi connectivity index (χ2v) is 10.5. The summed E-state index contributed by atoms with van der Waals surface area (Å²) < 4.78 is 32.7. The van der Waals surface area contributed by atoms with Crippen LogP contribution in [0.15, 0.2) is 42.9 Å². The van der Waals surface area contributed by atoms with Crippen LogP contribution in [0.4, 0.5) is 16.3 Å². The van der Waals surface area contributed by atoms with E-state index in [-0.39, 0.29) is 29.1 Å². The zero-order chi connectivity index (χ0) is 25.2. The van der Waals surface area contributed by atoms with Crippen LogP contribution in [0.1, 0.15) is 25.7 Å². The van der Waals surface area contributed by atoms with Crippen molar-refractivity contribution in [2.24, 2.45) is 5.92 Å². The molecule has 2 heterocycles. The number of fused-ring (bicyclic) bond motifs is 1. The van der Waals surface area contributed by atoms with E-state index < -0.39 is 21.0 Å². The molecule has 0 saturated heterocycles. The average Bonchev–Trinajstić information content (AvgIpc) is 3.29. The summed E-state index contributed by atoms with van der Waals surface area (Å²) in [6.07, 6.45) is 5.48. The third kappa shape index (κ3) is 5.41. The number of nitro benzene ring substituents is 1. The van der Waals surface area contributed by atoms with Crippen molar-refractivity contribution in [3.05, 3.63) is 53.0 Å². The van der Waals surface area contributed by atoms with Crippen LogP contribution in [0.3, 0.4) is 0 Å². The van der Waals surface area contributed by atoms with Gasteiger partial charge in [-0.25, -0.2) is 32.5 Å². The summed E-state index contributed by atoms with van der Waals surface area (Å²) in [5.74, 6) is 1.10. The highest BCUT2D eigenvalue weighted by Crippen LogP contribution is 2.32. The molecule has 1 fully saturated rings. The SMILES string of the molecule is CNS(=O)(=O)CC1CCC(N(C)c2ncnc3c2ccn3C(=O)Oc2ccc([N+](=O)[O-])cc2)CC1. The number of nitrogens with one attached hydrogen (secondary N) is 1. The van der Waals surface area contributed by atoms with Gasteiger partial charge in [-0.15, -0.1) is 0 Å². The number of anilines is 1. The number of hydrogen-bond acceptors (Lipinski definition) is 9. The van der Waals surface area contributed by atoms with Gasteiger partial charge < -0.3 is 9.64 Å². The van der Waals surface area contributed by atoms with Crippen LogP contribution >= 0.6 is 0 Å². The van der Waals surface area contributed by atoms with E-state index in [9.17, 15) is 23.3 Å². The maximum Gasteiger partial charge on any atom is 0.425 e. The van der Waals surface area contributed by atoms with E-state index in [1.807, 2.05) is 7.05 Å². The van der Waals surface area contributed by atoms with Crippen molar-refractivity contribution in [2.75, 3.05) is 24.7 Å². The number of nitrogens with zero attached hydrogens (tertiary/aromatic N) is 5. The van der Waals surface area contributed by atoms with Crippen LogP contribution in [0.5, 0.6) is 5.75 Å². The third-order valence-electron chi connectivity index (χ3n) is 6.37. The predicted molar refractivity (Wildman–Crippen MR) is 129 cm³/mol. The number of hydrogen-bond donors (Lipinski definition) is 1. The number of sulfonamides is 1. The Hall–Kier alpha value is -3.58. The van der Waals surface area contributed by atoms with Gasteiger partial charge in [-0.2, -0.15) is 0 Å². The number of rotatable bonds is 7. The second kappa shape index (κ2) is 9.96. The van der Waals surface area contributed by atoms with Gasteiger partial charge in [-0.05, 0) is 56.8 Å². The fourth-order valence-electron chi connectivity index (χ4n) is 4.42. The maximum absolute atomic E-state index is 12.7. The minimum atomic E-state index is -3.23. The fourth-order valence-corrected chi connectivity index (χ4v) is 5.54. The molecule has 1 aromatic carbocycles. The summed E-state index contributed by atoms with van der Waals surface area (Å²) in [7, 11) is 0.135. The average molecular weight is 503 g/mol. The van der Waals surface area contributed by atoms with Gasteiger partial charge in [-0.1, -0.05) is 0 Å². The molecule has 12 nitrogen and oxygen atoms in total. The van der Waals surface area contributed by atoms with Crippen molar-refractivity contribution in [3.63, 3.8) is 0 Å². The van der Waals surface area contributed by atoms with Crippen molar-refractivity contribution in [1.82, 2.24) is 19.3 Å². The minimum Gasteiger partial charge on any atom is -0.410 e. The van der Waals surface area contributed by atoms with Crippen molar-refractivity contribution in [1.29, 1.82) is 0 Å². The molecule has 13 heteroatoms. The fraction of sp³-hybridized carbons (Fsp3) is 0.409. The van der Waals surface area contributed by atoms with E-state index in [2.05, 4.69) is 19.6 Å². The standard InChI is InChI=1S/C22H26N6O6S/c1-23-35(32,33)13-15-3-5-16(6-4-15)26(2)20-19-11-12-27(21(19)25-14-24-20)22(29)34-18-9-7-17(8-10-18)28(30)31/h7-12,14-16,23H,3-6,13H2,1-2H3. The topological polar surface area (TPSA) is 150 Å². The number of ether oxygens (including phenoxy) is 1. The van der Waals surface area contributed by atoms with Crippen molar-refractivity contribution < 1.29 is 22.9 Å². The Kier molecular flexibility index (Phi) is 6.98. The molecule has 35 heavy (non-hydrogen) atoms. The van der Waals surface area contributed by atoms with E-state index in [4.69, 9.17) is 4.74 Å². The molecule has 1 N–H and O–H groups in total. The second-order valence-electron chi connectivity index (χ2n) is 8.51. The summed E-state index contributed by atoms with van der Waals surface area (Å²) in [4.78, 5) is 33.8. The molecule has 0 unspecified atom stereocenters. The number of aromatic nitrogens is 3. The normalized spacial score (nSPS) is 18.3. The first kappa shape index (κ1) is 24.5. The highest BCUT2D eigenvalue weighted by atomic mass is 32.2. The number of benzene rings is 1. The monoisotopic (exact) mass is 502 g/mol. The van der Waals surface area contributed by atoms with Gasteiger partial charge >= 0.3 is 6.09 Å². The quantitative estimate of drug-likeness (QED) is 0.380. The highest BCUT2D eigenvalue weighted by molar-refractivity contribution is 7.89. The Morgan fingerprint density at radius 1 is 1.20 bits per heavy atom. The van der Waals surface area contributed by atoms with Crippen LogP contribution in [-0.4, -0.2) is 59.9 Å². The first-order valence-corrected chi connectivity index (χ1v) is 12.8. The highest BCUT2D eigenvalue weighted by Gasteiger charge is 2.28. The molecule has 0 radical (unpaired) electrons. The number of nitro groups is 1. The Balaban J connectivity index is 1.47. The Morgan fingerprint density at radius 3 is 2.51 bits per heavy atom. The molecule has 0 aliphatic heterocycles. The molecule has 1 saturated carbocycles. The van der Waals surface area contributed by atoms with E-state index in [1.165, 1.54) is 42.2 Å². The van der Waals surface area contributed by atoms with Crippen LogP contribution in [-0.2, 0) is 10.0 Å². The largest absolute Gasteiger partial charge is 0.425 e. The van der Waals surface area contributed by atoms with Crippen LogP contribution < -0.4 is 14.4 Å². The van der Waals surface area contributed by atoms with E-state index in [0.717, 1.165) is 25.7 Å². The lowest BCUT2D eigenvalue weighted by Crippen LogP contribution is -2.38. The van der Waals surface area contributed by atoms with E-state index in [1.54, 1.807) is 12.3 Å². The first-order chi connectivity index (χ1) is 16.7. The number of non-ortho nitro benzene ring substituents is 1. The molecule has 1 aliphatic carbocycles. The molecule has 4 rings (SSSR count). The minimum absolute atomic E-state index is 0.102. The molecule has 3 aromatic rings. The van der Waals surface area contributed by atoms with Gasteiger partial charge in [0.2, 0.25) is 10.0 Å². The lowest BCUT2D eigenvalue weighted by Gasteiger charge is -2.35. The number of carbonyl (C=O) groups is 1. The molecule has 1 aliphatic rings. The first-order valence-electron chi connectivity index (χ1n) is 11.1. The number of carbonyl (C=O) groups excluding carboxylic acids is 1. The van der Waals surface area contributed by atoms with Gasteiger partial charge in [0, 0.05) is 31.4 Å². The molecule has 0 amide bonds. The van der Waals surface area contributed by atoms with Crippen LogP contribution in [0.2, 0.25) is 0 Å². The van der Waals surface area contributed by atoms with Crippen LogP contribution in [0, 0.1) is 16.0 Å². The van der Waals surface area contributed by atoms with Crippen molar-refractivity contribution in [3.8, 4) is 5.75 Å². The molecular weight excluding hydrogens is 476 g/mol. The summed E-state index contributed by atoms with van der Waals surface area (Å²) in [5.41, 5.74) is 0.275. The summed E-state index contributed by atoms with van der Waals surface area (Å²) in [5, 5.41) is 11.5. The van der Waals surface area contributed by atoms with Crippen molar-refractivity contribution >= 4 is 38.7 Å². The van der Waals surface area contributed by atoms with Gasteiger partial charge in [0.25, 0.3) is 5.69 Å². The lowest BCUT2D eigenvalue weighted by molar-refractivity contribution is -0.384. The summed E-state index contributed by atoms with van der Waals surface area (Å²) in [6, 6.07) is 7.14. The molecule has 0 atom stereocenters. The van der Waals surface area contributed by atoms with Crippen molar-refractivity contribution in [2.45, 2.75) is 31.7 Å². The molecule has 186 valence electrons. The van der Waals surface area contributed by atoms with E-state index in [0.29, 0.717) is 16.9 Å². The van der Waals surface area contributed by atoms with Gasteiger partial charge in [0.15, 0.2) is 5.65 Å². The predicted octanol–water partition coefficient (Wildman–Crippen LogP) is 2.93. The molecule has 0 bridgehead atoms. The van der Waals surface area contributed by atoms with Gasteiger partial charge in [0.1, 0.15) is 17.9 Å². The third-order valence-corrected chi connectivity index (χ3v) is 7.91. The van der Waals surface area contributed by atoms with Crippen LogP contribution in [0.25, 0.3) is 11.0 Å². The molecule has 0 spiro atoms. The van der Waals surface area contributed by atoms with Gasteiger partial charge in [-0.3, -0.25) is 10.1 Å². The zero-order valence-electron chi connectivity index (χ0n) is 19.3. The lowest BCUT2D eigenvalue weighted by atomic mass is 9.86. The molecular formula is C22H26N6O6S. The van der Waals surface area contributed by atoms with E-state index >= 15 is 0 Å². The summed E-state index contributed by atoms with van der Waals surface area (Å²) in [6.45, 7) is 0. The Bertz CT molecular complexity index is 1330. The zero-order valence-corrected chi connectivity index (χ0v) is 20.1. The summed E-state index contributed by atoms with van der Waals surface area (Å²) >= 11 is 0. The maximum atomic E-state index is 12.7.